The van der Waals surface area contributed by atoms with Crippen molar-refractivity contribution in [3.05, 3.63) is 16.8 Å². The summed E-state index contributed by atoms with van der Waals surface area (Å²) in [5.41, 5.74) is 1.20. The largest absolute Gasteiger partial charge is 0.384 e. The molecule has 0 saturated carbocycles. The van der Waals surface area contributed by atoms with Crippen molar-refractivity contribution in [2.45, 2.75) is 6.42 Å². The number of hydrogen-bond donors (Lipinski definition) is 1. The van der Waals surface area contributed by atoms with E-state index in [0.29, 0.717) is 13.2 Å². The Morgan fingerprint density at radius 3 is 3.00 bits per heavy atom. The Bertz CT molecular complexity index is 214. The molecule has 0 saturated heterocycles. The minimum absolute atomic E-state index is 0.679. The summed E-state index contributed by atoms with van der Waals surface area (Å²) in [6, 6.07) is 2.08. The van der Waals surface area contributed by atoms with Gasteiger partial charge in [0, 0.05) is 31.3 Å². The van der Waals surface area contributed by atoms with Gasteiger partial charge in [0.2, 0.25) is 0 Å². The number of ether oxygens (including phenoxy) is 2. The highest BCUT2D eigenvalue weighted by atomic mass is 32.1. The Balaban J connectivity index is 1.85. The summed E-state index contributed by atoms with van der Waals surface area (Å²) in [4.78, 5) is 0. The van der Waals surface area contributed by atoms with Crippen LogP contribution < -0.4 is 5.32 Å². The molecule has 14 heavy (non-hydrogen) atoms. The van der Waals surface area contributed by atoms with Crippen LogP contribution in [0.3, 0.4) is 0 Å². The zero-order valence-corrected chi connectivity index (χ0v) is 9.31. The fraction of sp³-hybridized carbons (Fsp3) is 0.600. The van der Waals surface area contributed by atoms with Crippen LogP contribution in [0.25, 0.3) is 0 Å². The minimum Gasteiger partial charge on any atom is -0.384 e. The first-order valence-electron chi connectivity index (χ1n) is 4.76. The second-order valence-corrected chi connectivity index (χ2v) is 3.68. The molecule has 4 heteroatoms. The summed E-state index contributed by atoms with van der Waals surface area (Å²) >= 11 is 1.70. The van der Waals surface area contributed by atoms with Gasteiger partial charge in [-0.1, -0.05) is 0 Å². The van der Waals surface area contributed by atoms with Crippen molar-refractivity contribution in [2.75, 3.05) is 38.8 Å². The third kappa shape index (κ3) is 5.21. The molecule has 0 unspecified atom stereocenters. The number of methoxy groups -OCH3 is 1. The standard InChI is InChI=1S/C10H17NO2S/c1-12-6-7-13-5-2-4-11-10-3-8-14-9-10/h3,8-9,11H,2,4-7H2,1H3. The van der Waals surface area contributed by atoms with Gasteiger partial charge in [0.15, 0.2) is 0 Å². The van der Waals surface area contributed by atoms with Crippen LogP contribution in [0.4, 0.5) is 5.69 Å². The molecule has 0 spiro atoms. The van der Waals surface area contributed by atoms with Crippen LogP contribution in [0.2, 0.25) is 0 Å². The van der Waals surface area contributed by atoms with Gasteiger partial charge in [0.25, 0.3) is 0 Å². The highest BCUT2D eigenvalue weighted by Crippen LogP contribution is 2.11. The monoisotopic (exact) mass is 215 g/mol. The normalized spacial score (nSPS) is 10.4. The second-order valence-electron chi connectivity index (χ2n) is 2.90. The zero-order chi connectivity index (χ0) is 10.1. The van der Waals surface area contributed by atoms with Crippen LogP contribution in [-0.4, -0.2) is 33.5 Å². The van der Waals surface area contributed by atoms with Gasteiger partial charge < -0.3 is 14.8 Å². The second kappa shape index (κ2) is 7.79. The van der Waals surface area contributed by atoms with Crippen molar-refractivity contribution < 1.29 is 9.47 Å². The molecule has 0 aliphatic heterocycles. The molecule has 1 aromatic heterocycles. The average molecular weight is 215 g/mol. The lowest BCUT2D eigenvalue weighted by Crippen LogP contribution is -2.07. The minimum atomic E-state index is 0.679. The lowest BCUT2D eigenvalue weighted by atomic mass is 10.4. The Morgan fingerprint density at radius 2 is 2.29 bits per heavy atom. The van der Waals surface area contributed by atoms with Crippen LogP contribution in [0.5, 0.6) is 0 Å². The molecule has 0 fully saturated rings. The third-order valence-corrected chi connectivity index (χ3v) is 2.43. The molecule has 1 aromatic rings. The van der Waals surface area contributed by atoms with Crippen molar-refractivity contribution in [1.82, 2.24) is 0 Å². The first-order chi connectivity index (χ1) is 6.93. The number of anilines is 1. The van der Waals surface area contributed by atoms with E-state index >= 15 is 0 Å². The molecule has 0 aliphatic carbocycles. The van der Waals surface area contributed by atoms with E-state index in [9.17, 15) is 0 Å². The fourth-order valence-corrected chi connectivity index (χ4v) is 1.63. The smallest absolute Gasteiger partial charge is 0.0700 e. The Labute approximate surface area is 89.0 Å². The van der Waals surface area contributed by atoms with E-state index in [0.717, 1.165) is 19.6 Å². The van der Waals surface area contributed by atoms with Crippen LogP contribution in [0.15, 0.2) is 16.8 Å². The van der Waals surface area contributed by atoms with Crippen LogP contribution in [-0.2, 0) is 9.47 Å². The van der Waals surface area contributed by atoms with Gasteiger partial charge in [-0.3, -0.25) is 0 Å². The number of rotatable bonds is 8. The fourth-order valence-electron chi connectivity index (χ4n) is 1.02. The van der Waals surface area contributed by atoms with Gasteiger partial charge in [-0.2, -0.15) is 11.3 Å². The third-order valence-electron chi connectivity index (χ3n) is 1.75. The van der Waals surface area contributed by atoms with E-state index in [1.54, 1.807) is 18.4 Å². The van der Waals surface area contributed by atoms with Crippen molar-refractivity contribution in [2.24, 2.45) is 0 Å². The lowest BCUT2D eigenvalue weighted by molar-refractivity contribution is 0.0705. The molecule has 0 amide bonds. The lowest BCUT2D eigenvalue weighted by Gasteiger charge is -2.04. The van der Waals surface area contributed by atoms with E-state index in [4.69, 9.17) is 9.47 Å². The summed E-state index contributed by atoms with van der Waals surface area (Å²) in [5.74, 6) is 0. The number of hydrogen-bond acceptors (Lipinski definition) is 4. The van der Waals surface area contributed by atoms with Crippen molar-refractivity contribution >= 4 is 17.0 Å². The first-order valence-corrected chi connectivity index (χ1v) is 5.70. The number of thiophene rings is 1. The van der Waals surface area contributed by atoms with Crippen LogP contribution in [0.1, 0.15) is 6.42 Å². The highest BCUT2D eigenvalue weighted by Gasteiger charge is 1.91. The molecule has 3 nitrogen and oxygen atoms in total. The predicted molar refractivity (Wildman–Crippen MR) is 60.1 cm³/mol. The molecule has 1 N–H and O–H groups in total. The van der Waals surface area contributed by atoms with Gasteiger partial charge >= 0.3 is 0 Å². The average Bonchev–Trinajstić information content (AvgIpc) is 2.69. The molecular formula is C10H17NO2S. The number of nitrogens with one attached hydrogen (secondary N) is 1. The first kappa shape index (κ1) is 11.5. The summed E-state index contributed by atoms with van der Waals surface area (Å²) in [6.07, 6.45) is 1.03. The van der Waals surface area contributed by atoms with Gasteiger partial charge in [-0.15, -0.1) is 0 Å². The predicted octanol–water partition coefficient (Wildman–Crippen LogP) is 2.21. The van der Waals surface area contributed by atoms with E-state index in [1.165, 1.54) is 5.69 Å². The summed E-state index contributed by atoms with van der Waals surface area (Å²) in [5, 5.41) is 7.48. The Morgan fingerprint density at radius 1 is 1.36 bits per heavy atom. The molecule has 0 radical (unpaired) electrons. The molecule has 0 atom stereocenters. The van der Waals surface area contributed by atoms with Crippen molar-refractivity contribution in [1.29, 1.82) is 0 Å². The maximum absolute atomic E-state index is 5.33. The summed E-state index contributed by atoms with van der Waals surface area (Å²) < 4.78 is 10.2. The quantitative estimate of drug-likeness (QED) is 0.674. The molecule has 1 rings (SSSR count). The van der Waals surface area contributed by atoms with Gasteiger partial charge in [0.1, 0.15) is 0 Å². The molecule has 0 aliphatic rings. The van der Waals surface area contributed by atoms with Gasteiger partial charge in [0.05, 0.1) is 13.2 Å². The van der Waals surface area contributed by atoms with Crippen LogP contribution in [0, 0.1) is 0 Å². The molecule has 0 bridgehead atoms. The summed E-state index contributed by atoms with van der Waals surface area (Å²) in [6.45, 7) is 3.12. The SMILES string of the molecule is COCCOCCCNc1ccsc1. The van der Waals surface area contributed by atoms with Gasteiger partial charge in [-0.05, 0) is 17.9 Å². The van der Waals surface area contributed by atoms with Crippen molar-refractivity contribution in [3.63, 3.8) is 0 Å². The Hall–Kier alpha value is -0.580. The van der Waals surface area contributed by atoms with E-state index < -0.39 is 0 Å². The van der Waals surface area contributed by atoms with E-state index in [1.807, 2.05) is 0 Å². The van der Waals surface area contributed by atoms with E-state index in [2.05, 4.69) is 22.1 Å². The van der Waals surface area contributed by atoms with Crippen LogP contribution >= 0.6 is 11.3 Å². The van der Waals surface area contributed by atoms with Crippen molar-refractivity contribution in [3.8, 4) is 0 Å². The van der Waals surface area contributed by atoms with E-state index in [-0.39, 0.29) is 0 Å². The maximum Gasteiger partial charge on any atom is 0.0700 e. The molecular weight excluding hydrogens is 198 g/mol. The summed E-state index contributed by atoms with van der Waals surface area (Å²) in [7, 11) is 1.68. The molecule has 0 aromatic carbocycles. The zero-order valence-electron chi connectivity index (χ0n) is 8.49. The maximum atomic E-state index is 5.33. The molecule has 1 heterocycles. The topological polar surface area (TPSA) is 30.5 Å². The van der Waals surface area contributed by atoms with Gasteiger partial charge in [-0.25, -0.2) is 0 Å². The Kier molecular flexibility index (Phi) is 6.40. The molecule has 80 valence electrons. The highest BCUT2D eigenvalue weighted by molar-refractivity contribution is 7.08.